The smallest absolute Gasteiger partial charge is 0.223 e. The van der Waals surface area contributed by atoms with Gasteiger partial charge < -0.3 is 17.2 Å². The maximum Gasteiger partial charge on any atom is 0.223 e. The van der Waals surface area contributed by atoms with Crippen LogP contribution in [-0.2, 0) is 15.6 Å². The van der Waals surface area contributed by atoms with Crippen LogP contribution < -0.4 is 17.2 Å². The fraction of sp³-hybridized carbons (Fsp3) is 0.200. The van der Waals surface area contributed by atoms with Gasteiger partial charge in [0.05, 0.1) is 11.4 Å². The molecular weight excluding hydrogens is 254 g/mol. The second-order valence-corrected chi connectivity index (χ2v) is 5.88. The highest BCUT2D eigenvalue weighted by molar-refractivity contribution is 7.89. The number of benzene rings is 1. The molecule has 0 radical (unpaired) electrons. The first-order valence-corrected chi connectivity index (χ1v) is 7.03. The van der Waals surface area contributed by atoms with E-state index in [4.69, 9.17) is 17.2 Å². The summed E-state index contributed by atoms with van der Waals surface area (Å²) in [5.74, 6) is -0.254. The molecule has 8 heteroatoms. The lowest BCUT2D eigenvalue weighted by Crippen LogP contribution is -2.26. The highest BCUT2D eigenvalue weighted by Gasteiger charge is 2.03. The van der Waals surface area contributed by atoms with Crippen molar-refractivity contribution in [3.05, 3.63) is 29.8 Å². The Hall–Kier alpha value is -2.09. The molecule has 18 heavy (non-hydrogen) atoms. The summed E-state index contributed by atoms with van der Waals surface area (Å²) in [5.41, 5.74) is 16.9. The van der Waals surface area contributed by atoms with Crippen LogP contribution in [0.15, 0.2) is 34.3 Å². The van der Waals surface area contributed by atoms with Gasteiger partial charge in [0.2, 0.25) is 5.96 Å². The van der Waals surface area contributed by atoms with Crippen molar-refractivity contribution in [2.75, 3.05) is 6.26 Å². The molecule has 0 aliphatic rings. The van der Waals surface area contributed by atoms with Crippen LogP contribution in [0.1, 0.15) is 5.56 Å². The van der Waals surface area contributed by atoms with E-state index in [1.54, 1.807) is 24.3 Å². The third-order valence-electron chi connectivity index (χ3n) is 1.85. The van der Waals surface area contributed by atoms with E-state index < -0.39 is 9.84 Å². The highest BCUT2D eigenvalue weighted by atomic mass is 32.2. The van der Waals surface area contributed by atoms with E-state index in [2.05, 4.69) is 9.98 Å². The van der Waals surface area contributed by atoms with Crippen LogP contribution >= 0.6 is 0 Å². The highest BCUT2D eigenvalue weighted by Crippen LogP contribution is 2.14. The number of sulfone groups is 1. The molecule has 0 atom stereocenters. The summed E-state index contributed by atoms with van der Waals surface area (Å²) in [6.45, 7) is 0. The second kappa shape index (κ2) is 5.50. The SMILES string of the molecule is CS(=O)(=O)Cc1ccc(N=C(N)N=C(N)N)cc1. The first kappa shape index (κ1) is 14.0. The number of rotatable bonds is 3. The van der Waals surface area contributed by atoms with Crippen LogP contribution in [0.5, 0.6) is 0 Å². The fourth-order valence-electron chi connectivity index (χ4n) is 1.26. The van der Waals surface area contributed by atoms with Gasteiger partial charge in [-0.15, -0.1) is 0 Å². The van der Waals surface area contributed by atoms with Gasteiger partial charge in [-0.25, -0.2) is 13.4 Å². The molecule has 0 bridgehead atoms. The summed E-state index contributed by atoms with van der Waals surface area (Å²) >= 11 is 0. The van der Waals surface area contributed by atoms with E-state index >= 15 is 0 Å². The summed E-state index contributed by atoms with van der Waals surface area (Å²) in [7, 11) is -3.04. The predicted octanol–water partition coefficient (Wildman–Crippen LogP) is -0.549. The Labute approximate surface area is 105 Å². The molecule has 0 saturated carbocycles. The van der Waals surface area contributed by atoms with Gasteiger partial charge in [0.1, 0.15) is 0 Å². The van der Waals surface area contributed by atoms with Gasteiger partial charge in [-0.2, -0.15) is 4.99 Å². The molecule has 7 nitrogen and oxygen atoms in total. The molecular formula is C10H15N5O2S. The minimum Gasteiger partial charge on any atom is -0.370 e. The Bertz CT molecular complexity index is 571. The number of nitrogens with two attached hydrogens (primary N) is 3. The van der Waals surface area contributed by atoms with Gasteiger partial charge in [-0.05, 0) is 17.7 Å². The molecule has 0 saturated heterocycles. The van der Waals surface area contributed by atoms with E-state index in [-0.39, 0.29) is 17.7 Å². The van der Waals surface area contributed by atoms with Crippen LogP contribution in [0.25, 0.3) is 0 Å². The first-order valence-electron chi connectivity index (χ1n) is 4.97. The molecule has 1 rings (SSSR count). The van der Waals surface area contributed by atoms with E-state index in [0.29, 0.717) is 11.3 Å². The largest absolute Gasteiger partial charge is 0.370 e. The van der Waals surface area contributed by atoms with Crippen molar-refractivity contribution in [3.8, 4) is 0 Å². The average Bonchev–Trinajstić information content (AvgIpc) is 2.17. The van der Waals surface area contributed by atoms with Crippen LogP contribution in [0.2, 0.25) is 0 Å². The van der Waals surface area contributed by atoms with Gasteiger partial charge in [0.25, 0.3) is 0 Å². The van der Waals surface area contributed by atoms with Gasteiger partial charge in [-0.3, -0.25) is 0 Å². The molecule has 0 fully saturated rings. The fourth-order valence-corrected chi connectivity index (χ4v) is 2.06. The number of aliphatic imine (C=N–C) groups is 2. The van der Waals surface area contributed by atoms with Crippen molar-refractivity contribution in [2.45, 2.75) is 5.75 Å². The lowest BCUT2D eigenvalue weighted by atomic mass is 10.2. The number of hydrogen-bond acceptors (Lipinski definition) is 3. The number of guanidine groups is 2. The summed E-state index contributed by atoms with van der Waals surface area (Å²) in [5, 5.41) is 0. The van der Waals surface area contributed by atoms with Gasteiger partial charge in [-0.1, -0.05) is 12.1 Å². The molecule has 1 aromatic carbocycles. The molecule has 6 N–H and O–H groups in total. The molecule has 0 aliphatic heterocycles. The summed E-state index contributed by atoms with van der Waals surface area (Å²) in [6.07, 6.45) is 1.18. The Balaban J connectivity index is 2.87. The molecule has 0 aromatic heterocycles. The molecule has 0 aliphatic carbocycles. The quantitative estimate of drug-likeness (QED) is 0.499. The zero-order valence-electron chi connectivity index (χ0n) is 9.87. The zero-order chi connectivity index (χ0) is 13.8. The molecule has 0 spiro atoms. The Morgan fingerprint density at radius 2 is 1.72 bits per heavy atom. The van der Waals surface area contributed by atoms with Gasteiger partial charge >= 0.3 is 0 Å². The number of hydrogen-bond donors (Lipinski definition) is 3. The summed E-state index contributed by atoms with van der Waals surface area (Å²) < 4.78 is 22.2. The molecule has 0 amide bonds. The van der Waals surface area contributed by atoms with E-state index in [1.165, 1.54) is 6.26 Å². The molecule has 1 aromatic rings. The Morgan fingerprint density at radius 3 is 2.17 bits per heavy atom. The second-order valence-electron chi connectivity index (χ2n) is 3.74. The summed E-state index contributed by atoms with van der Waals surface area (Å²) in [4.78, 5) is 7.49. The van der Waals surface area contributed by atoms with Crippen molar-refractivity contribution in [1.29, 1.82) is 0 Å². The zero-order valence-corrected chi connectivity index (χ0v) is 10.7. The normalized spacial score (nSPS) is 12.2. The maximum absolute atomic E-state index is 11.1. The number of nitrogens with zero attached hydrogens (tertiary/aromatic N) is 2. The lowest BCUT2D eigenvalue weighted by molar-refractivity contribution is 0.601. The lowest BCUT2D eigenvalue weighted by Gasteiger charge is -2.00. The topological polar surface area (TPSA) is 137 Å². The monoisotopic (exact) mass is 269 g/mol. The maximum atomic E-state index is 11.1. The Morgan fingerprint density at radius 1 is 1.17 bits per heavy atom. The molecule has 0 unspecified atom stereocenters. The van der Waals surface area contributed by atoms with E-state index in [1.807, 2.05) is 0 Å². The van der Waals surface area contributed by atoms with Crippen LogP contribution in [-0.4, -0.2) is 26.6 Å². The first-order chi connectivity index (χ1) is 8.26. The third-order valence-corrected chi connectivity index (χ3v) is 2.71. The minimum atomic E-state index is -3.04. The standard InChI is InChI=1S/C10H15N5O2S/c1-18(16,17)6-7-2-4-8(5-3-7)14-10(13)15-9(11)12/h2-5H,6H2,1H3,(H6,11,12,13,14,15). The molecule has 0 heterocycles. The van der Waals surface area contributed by atoms with Crippen LogP contribution in [0.3, 0.4) is 0 Å². The predicted molar refractivity (Wildman–Crippen MR) is 72.1 cm³/mol. The van der Waals surface area contributed by atoms with Gasteiger partial charge in [0, 0.05) is 6.26 Å². The van der Waals surface area contributed by atoms with Crippen molar-refractivity contribution >= 4 is 27.4 Å². The minimum absolute atomic E-state index is 0.0135. The average molecular weight is 269 g/mol. The summed E-state index contributed by atoms with van der Waals surface area (Å²) in [6, 6.07) is 6.58. The van der Waals surface area contributed by atoms with E-state index in [0.717, 1.165) is 0 Å². The van der Waals surface area contributed by atoms with Crippen LogP contribution in [0, 0.1) is 0 Å². The van der Waals surface area contributed by atoms with Crippen molar-refractivity contribution < 1.29 is 8.42 Å². The molecule has 98 valence electrons. The van der Waals surface area contributed by atoms with Crippen molar-refractivity contribution in [3.63, 3.8) is 0 Å². The van der Waals surface area contributed by atoms with Crippen molar-refractivity contribution in [2.24, 2.45) is 27.2 Å². The van der Waals surface area contributed by atoms with E-state index in [9.17, 15) is 8.42 Å². The van der Waals surface area contributed by atoms with Crippen molar-refractivity contribution in [1.82, 2.24) is 0 Å². The third kappa shape index (κ3) is 5.30. The van der Waals surface area contributed by atoms with Gasteiger partial charge in [0.15, 0.2) is 15.8 Å². The Kier molecular flexibility index (Phi) is 4.27. The van der Waals surface area contributed by atoms with Crippen LogP contribution in [0.4, 0.5) is 5.69 Å².